The van der Waals surface area contributed by atoms with Crippen molar-refractivity contribution in [1.82, 2.24) is 4.90 Å². The molecule has 0 aliphatic rings. The topological polar surface area (TPSA) is 54.7 Å². The molecule has 2 rings (SSSR count). The summed E-state index contributed by atoms with van der Waals surface area (Å²) < 4.78 is 11.0. The van der Waals surface area contributed by atoms with Crippen LogP contribution < -0.4 is 10.1 Å². The van der Waals surface area contributed by atoms with Crippen LogP contribution in [0.15, 0.2) is 22.6 Å². The molecule has 102 valence electrons. The van der Waals surface area contributed by atoms with Gasteiger partial charge in [0.2, 0.25) is 5.91 Å². The Balaban J connectivity index is 2.56. The van der Waals surface area contributed by atoms with Crippen molar-refractivity contribution < 1.29 is 13.9 Å². The molecule has 1 heterocycles. The van der Waals surface area contributed by atoms with Crippen molar-refractivity contribution in [1.29, 1.82) is 0 Å². The van der Waals surface area contributed by atoms with Gasteiger partial charge in [0.15, 0.2) is 0 Å². The molecule has 0 fully saturated rings. The summed E-state index contributed by atoms with van der Waals surface area (Å²) in [7, 11) is 5.51. The first kappa shape index (κ1) is 13.4. The van der Waals surface area contributed by atoms with Crippen molar-refractivity contribution in [2.75, 3.05) is 26.5 Å². The van der Waals surface area contributed by atoms with Crippen LogP contribution in [0.4, 0.5) is 5.69 Å². The quantitative estimate of drug-likeness (QED) is 0.919. The Bertz CT molecular complexity index is 602. The molecule has 0 atom stereocenters. The van der Waals surface area contributed by atoms with Crippen molar-refractivity contribution in [2.45, 2.75) is 13.5 Å². The minimum atomic E-state index is -0.120. The van der Waals surface area contributed by atoms with Crippen LogP contribution in [0.3, 0.4) is 0 Å². The summed E-state index contributed by atoms with van der Waals surface area (Å²) in [6, 6.07) is 5.55. The maximum absolute atomic E-state index is 11.3. The van der Waals surface area contributed by atoms with Gasteiger partial charge in [-0.2, -0.15) is 0 Å². The Kier molecular flexibility index (Phi) is 3.76. The number of nitrogens with one attached hydrogen (secondary N) is 1. The summed E-state index contributed by atoms with van der Waals surface area (Å²) in [5, 5.41) is 3.69. The lowest BCUT2D eigenvalue weighted by Crippen LogP contribution is -2.13. The van der Waals surface area contributed by atoms with Gasteiger partial charge in [0.1, 0.15) is 17.1 Å². The molecule has 1 aromatic heterocycles. The van der Waals surface area contributed by atoms with E-state index in [1.54, 1.807) is 7.11 Å². The number of ether oxygens (including phenoxy) is 1. The van der Waals surface area contributed by atoms with Gasteiger partial charge < -0.3 is 19.4 Å². The molecule has 0 radical (unpaired) electrons. The Morgan fingerprint density at radius 3 is 2.74 bits per heavy atom. The maximum Gasteiger partial charge on any atom is 0.221 e. The Labute approximate surface area is 112 Å². The molecule has 0 saturated heterocycles. The predicted molar refractivity (Wildman–Crippen MR) is 74.5 cm³/mol. The van der Waals surface area contributed by atoms with E-state index >= 15 is 0 Å². The smallest absolute Gasteiger partial charge is 0.221 e. The summed E-state index contributed by atoms with van der Waals surface area (Å²) >= 11 is 0. The van der Waals surface area contributed by atoms with E-state index < -0.39 is 0 Å². The standard InChI is InChI=1S/C14H18N2O3/c1-9(17)15-14-11-7-10(18-4)5-6-12(11)19-13(14)8-16(2)3/h5-7H,8H2,1-4H3,(H,15,17). The van der Waals surface area contributed by atoms with Crippen LogP contribution in [0, 0.1) is 0 Å². The van der Waals surface area contributed by atoms with Gasteiger partial charge in [-0.05, 0) is 32.3 Å². The Morgan fingerprint density at radius 1 is 1.42 bits per heavy atom. The second kappa shape index (κ2) is 5.32. The number of benzene rings is 1. The van der Waals surface area contributed by atoms with E-state index in [1.165, 1.54) is 6.92 Å². The van der Waals surface area contributed by atoms with Gasteiger partial charge in [0.25, 0.3) is 0 Å². The van der Waals surface area contributed by atoms with Gasteiger partial charge in [0, 0.05) is 12.3 Å². The third kappa shape index (κ3) is 2.88. The fourth-order valence-electron chi connectivity index (χ4n) is 1.97. The number of carbonyl (C=O) groups excluding carboxylic acids is 1. The number of anilines is 1. The molecule has 2 aromatic rings. The van der Waals surface area contributed by atoms with Crippen LogP contribution >= 0.6 is 0 Å². The highest BCUT2D eigenvalue weighted by atomic mass is 16.5. The first-order valence-corrected chi connectivity index (χ1v) is 6.03. The zero-order valence-electron chi connectivity index (χ0n) is 11.6. The van der Waals surface area contributed by atoms with Crippen molar-refractivity contribution in [3.8, 4) is 5.75 Å². The van der Waals surface area contributed by atoms with Gasteiger partial charge in [-0.15, -0.1) is 0 Å². The van der Waals surface area contributed by atoms with E-state index in [9.17, 15) is 4.79 Å². The molecule has 0 bridgehead atoms. The molecule has 5 nitrogen and oxygen atoms in total. The van der Waals surface area contributed by atoms with Gasteiger partial charge in [0.05, 0.1) is 19.3 Å². The zero-order valence-corrected chi connectivity index (χ0v) is 11.6. The van der Waals surface area contributed by atoms with Crippen molar-refractivity contribution in [2.24, 2.45) is 0 Å². The average molecular weight is 262 g/mol. The number of hydrogen-bond acceptors (Lipinski definition) is 4. The number of methoxy groups -OCH3 is 1. The number of rotatable bonds is 4. The Hall–Kier alpha value is -2.01. The number of furan rings is 1. The largest absolute Gasteiger partial charge is 0.497 e. The minimum Gasteiger partial charge on any atom is -0.497 e. The van der Waals surface area contributed by atoms with Gasteiger partial charge in [-0.1, -0.05) is 0 Å². The van der Waals surface area contributed by atoms with E-state index in [4.69, 9.17) is 9.15 Å². The number of carbonyl (C=O) groups is 1. The van der Waals surface area contributed by atoms with Gasteiger partial charge >= 0.3 is 0 Å². The molecule has 0 aliphatic heterocycles. The number of amides is 1. The van der Waals surface area contributed by atoms with Crippen molar-refractivity contribution in [3.05, 3.63) is 24.0 Å². The molecule has 0 aliphatic carbocycles. The second-order valence-electron chi connectivity index (χ2n) is 4.68. The highest BCUT2D eigenvalue weighted by Gasteiger charge is 2.16. The van der Waals surface area contributed by atoms with Gasteiger partial charge in [-0.25, -0.2) is 0 Å². The number of fused-ring (bicyclic) bond motifs is 1. The van der Waals surface area contributed by atoms with E-state index in [0.717, 1.165) is 28.2 Å². The van der Waals surface area contributed by atoms with E-state index in [0.29, 0.717) is 6.54 Å². The normalized spacial score (nSPS) is 11.0. The minimum absolute atomic E-state index is 0.120. The fourth-order valence-corrected chi connectivity index (χ4v) is 1.97. The van der Waals surface area contributed by atoms with E-state index in [-0.39, 0.29) is 5.91 Å². The number of nitrogens with zero attached hydrogens (tertiary/aromatic N) is 1. The first-order chi connectivity index (χ1) is 9.01. The summed E-state index contributed by atoms with van der Waals surface area (Å²) in [5.41, 5.74) is 1.46. The molecule has 0 saturated carbocycles. The summed E-state index contributed by atoms with van der Waals surface area (Å²) in [6.07, 6.45) is 0. The molecule has 5 heteroatoms. The lowest BCUT2D eigenvalue weighted by molar-refractivity contribution is -0.114. The second-order valence-corrected chi connectivity index (χ2v) is 4.68. The average Bonchev–Trinajstić information content (AvgIpc) is 2.65. The van der Waals surface area contributed by atoms with Crippen LogP contribution in [0.2, 0.25) is 0 Å². The van der Waals surface area contributed by atoms with Crippen LogP contribution in [0.25, 0.3) is 11.0 Å². The summed E-state index contributed by atoms with van der Waals surface area (Å²) in [5.74, 6) is 1.35. The molecule has 0 spiro atoms. The molecule has 1 amide bonds. The van der Waals surface area contributed by atoms with E-state index in [2.05, 4.69) is 5.32 Å². The molecule has 19 heavy (non-hydrogen) atoms. The fraction of sp³-hybridized carbons (Fsp3) is 0.357. The summed E-state index contributed by atoms with van der Waals surface area (Å²) in [6.45, 7) is 2.10. The van der Waals surface area contributed by atoms with E-state index in [1.807, 2.05) is 37.2 Å². The molecule has 1 aromatic carbocycles. The van der Waals surface area contributed by atoms with Crippen LogP contribution in [-0.2, 0) is 11.3 Å². The lowest BCUT2D eigenvalue weighted by Gasteiger charge is -2.09. The predicted octanol–water partition coefficient (Wildman–Crippen LogP) is 2.46. The SMILES string of the molecule is COc1ccc2oc(CN(C)C)c(NC(C)=O)c2c1. The summed E-state index contributed by atoms with van der Waals surface area (Å²) in [4.78, 5) is 13.3. The van der Waals surface area contributed by atoms with Crippen molar-refractivity contribution >= 4 is 22.6 Å². The molecular formula is C14H18N2O3. The number of hydrogen-bond donors (Lipinski definition) is 1. The first-order valence-electron chi connectivity index (χ1n) is 6.03. The van der Waals surface area contributed by atoms with Crippen LogP contribution in [0.5, 0.6) is 5.75 Å². The zero-order chi connectivity index (χ0) is 14.0. The molecule has 0 unspecified atom stereocenters. The lowest BCUT2D eigenvalue weighted by atomic mass is 10.2. The van der Waals surface area contributed by atoms with Gasteiger partial charge in [-0.3, -0.25) is 4.79 Å². The third-order valence-electron chi connectivity index (χ3n) is 2.73. The monoisotopic (exact) mass is 262 g/mol. The molecule has 1 N–H and O–H groups in total. The molecular weight excluding hydrogens is 244 g/mol. The maximum atomic E-state index is 11.3. The van der Waals surface area contributed by atoms with Crippen LogP contribution in [0.1, 0.15) is 12.7 Å². The highest BCUT2D eigenvalue weighted by molar-refractivity contribution is 6.01. The van der Waals surface area contributed by atoms with Crippen molar-refractivity contribution in [3.63, 3.8) is 0 Å². The third-order valence-corrected chi connectivity index (χ3v) is 2.73. The highest BCUT2D eigenvalue weighted by Crippen LogP contribution is 2.34. The van der Waals surface area contributed by atoms with Crippen LogP contribution in [-0.4, -0.2) is 32.0 Å². The Morgan fingerprint density at radius 2 is 2.16 bits per heavy atom.